The third-order valence-corrected chi connectivity index (χ3v) is 4.37. The molecule has 1 saturated carbocycles. The van der Waals surface area contributed by atoms with E-state index in [1.54, 1.807) is 0 Å². The van der Waals surface area contributed by atoms with E-state index in [0.29, 0.717) is 0 Å². The van der Waals surface area contributed by atoms with Crippen LogP contribution in [0.3, 0.4) is 0 Å². The van der Waals surface area contributed by atoms with Gasteiger partial charge in [-0.05, 0) is 75.0 Å². The molecule has 1 saturated heterocycles. The van der Waals surface area contributed by atoms with Gasteiger partial charge >= 0.3 is 0 Å². The SMILES string of the molecule is Cc1ccc(N2NC3(CCCC3)NC2=S)cc1C. The van der Waals surface area contributed by atoms with Crippen LogP contribution in [0.2, 0.25) is 0 Å². The molecule has 1 aromatic rings. The lowest BCUT2D eigenvalue weighted by Crippen LogP contribution is -2.48. The van der Waals surface area contributed by atoms with Gasteiger partial charge in [0, 0.05) is 0 Å². The smallest absolute Gasteiger partial charge is 0.189 e. The van der Waals surface area contributed by atoms with E-state index in [-0.39, 0.29) is 5.66 Å². The summed E-state index contributed by atoms with van der Waals surface area (Å²) in [5.41, 5.74) is 7.30. The predicted octanol–water partition coefficient (Wildman–Crippen LogP) is 2.77. The zero-order valence-corrected chi connectivity index (χ0v) is 11.7. The van der Waals surface area contributed by atoms with Crippen LogP contribution < -0.4 is 15.8 Å². The molecular formula is C14H19N3S. The highest BCUT2D eigenvalue weighted by Crippen LogP contribution is 2.32. The molecular weight excluding hydrogens is 242 g/mol. The third-order valence-electron chi connectivity index (χ3n) is 4.08. The van der Waals surface area contributed by atoms with Gasteiger partial charge in [0.1, 0.15) is 5.66 Å². The maximum atomic E-state index is 5.46. The fourth-order valence-corrected chi connectivity index (χ4v) is 3.16. The molecule has 1 aromatic carbocycles. The maximum absolute atomic E-state index is 5.46. The van der Waals surface area contributed by atoms with Gasteiger partial charge in [0.25, 0.3) is 0 Å². The molecule has 0 radical (unpaired) electrons. The van der Waals surface area contributed by atoms with Gasteiger partial charge in [-0.1, -0.05) is 6.07 Å². The standard InChI is InChI=1S/C14H19N3S/c1-10-5-6-12(9-11(10)2)17-13(18)15-14(16-17)7-3-4-8-14/h5-6,9,16H,3-4,7-8H2,1-2H3,(H,15,18). The highest BCUT2D eigenvalue weighted by molar-refractivity contribution is 7.80. The van der Waals surface area contributed by atoms with Crippen molar-refractivity contribution in [1.29, 1.82) is 0 Å². The topological polar surface area (TPSA) is 27.3 Å². The summed E-state index contributed by atoms with van der Waals surface area (Å²) >= 11 is 5.46. The first-order valence-electron chi connectivity index (χ1n) is 6.57. The van der Waals surface area contributed by atoms with Crippen LogP contribution in [0.1, 0.15) is 36.8 Å². The molecule has 1 spiro atoms. The normalized spacial score (nSPS) is 21.7. The largest absolute Gasteiger partial charge is 0.342 e. The Morgan fingerprint density at radius 1 is 1.17 bits per heavy atom. The van der Waals surface area contributed by atoms with Crippen molar-refractivity contribution in [3.63, 3.8) is 0 Å². The predicted molar refractivity (Wildman–Crippen MR) is 78.5 cm³/mol. The first-order chi connectivity index (χ1) is 8.60. The average molecular weight is 261 g/mol. The van der Waals surface area contributed by atoms with Gasteiger partial charge in [0.15, 0.2) is 5.11 Å². The number of hydrazine groups is 1. The molecule has 0 unspecified atom stereocenters. The Balaban J connectivity index is 1.88. The van der Waals surface area contributed by atoms with E-state index < -0.39 is 0 Å². The van der Waals surface area contributed by atoms with Crippen molar-refractivity contribution < 1.29 is 0 Å². The van der Waals surface area contributed by atoms with Crippen LogP contribution in [0.4, 0.5) is 5.69 Å². The number of anilines is 1. The number of aryl methyl sites for hydroxylation is 2. The van der Waals surface area contributed by atoms with Crippen molar-refractivity contribution >= 4 is 23.0 Å². The summed E-state index contributed by atoms with van der Waals surface area (Å²) in [6.45, 7) is 4.27. The zero-order valence-electron chi connectivity index (χ0n) is 10.9. The Labute approximate surface area is 114 Å². The first kappa shape index (κ1) is 11.9. The molecule has 1 heterocycles. The summed E-state index contributed by atoms with van der Waals surface area (Å²) < 4.78 is 0. The van der Waals surface area contributed by atoms with E-state index in [2.05, 4.69) is 42.8 Å². The Hall–Kier alpha value is -1.13. The third kappa shape index (κ3) is 1.89. The highest BCUT2D eigenvalue weighted by Gasteiger charge is 2.42. The van der Waals surface area contributed by atoms with Crippen LogP contribution in [-0.2, 0) is 0 Å². The molecule has 0 aromatic heterocycles. The number of rotatable bonds is 1. The quantitative estimate of drug-likeness (QED) is 0.760. The van der Waals surface area contributed by atoms with E-state index >= 15 is 0 Å². The van der Waals surface area contributed by atoms with Crippen LogP contribution >= 0.6 is 12.2 Å². The molecule has 1 aliphatic carbocycles. The van der Waals surface area contributed by atoms with Gasteiger partial charge < -0.3 is 5.32 Å². The molecule has 0 bridgehead atoms. The molecule has 18 heavy (non-hydrogen) atoms. The van der Waals surface area contributed by atoms with Crippen molar-refractivity contribution in [2.75, 3.05) is 5.01 Å². The number of hydrogen-bond acceptors (Lipinski definition) is 2. The lowest BCUT2D eigenvalue weighted by atomic mass is 10.1. The monoisotopic (exact) mass is 261 g/mol. The summed E-state index contributed by atoms with van der Waals surface area (Å²) in [7, 11) is 0. The van der Waals surface area contributed by atoms with Crippen molar-refractivity contribution in [2.45, 2.75) is 45.2 Å². The summed E-state index contributed by atoms with van der Waals surface area (Å²) in [6.07, 6.45) is 4.83. The second-order valence-corrected chi connectivity index (χ2v) is 5.82. The molecule has 2 fully saturated rings. The lowest BCUT2D eigenvalue weighted by Gasteiger charge is -2.24. The minimum Gasteiger partial charge on any atom is -0.342 e. The summed E-state index contributed by atoms with van der Waals surface area (Å²) in [6, 6.07) is 6.45. The fraction of sp³-hybridized carbons (Fsp3) is 0.500. The van der Waals surface area contributed by atoms with Crippen LogP contribution in [0, 0.1) is 13.8 Å². The number of thiocarbonyl (C=S) groups is 1. The van der Waals surface area contributed by atoms with Crippen molar-refractivity contribution in [3.05, 3.63) is 29.3 Å². The molecule has 2 aliphatic rings. The van der Waals surface area contributed by atoms with E-state index in [4.69, 9.17) is 12.2 Å². The Morgan fingerprint density at radius 2 is 1.89 bits per heavy atom. The molecule has 0 amide bonds. The van der Waals surface area contributed by atoms with Crippen LogP contribution in [0.15, 0.2) is 18.2 Å². The maximum Gasteiger partial charge on any atom is 0.189 e. The molecule has 0 atom stereocenters. The molecule has 4 heteroatoms. The fourth-order valence-electron chi connectivity index (χ4n) is 2.82. The Kier molecular flexibility index (Phi) is 2.79. The molecule has 3 nitrogen and oxygen atoms in total. The number of hydrogen-bond donors (Lipinski definition) is 2. The van der Waals surface area contributed by atoms with Gasteiger partial charge in [0.2, 0.25) is 0 Å². The van der Waals surface area contributed by atoms with Gasteiger partial charge in [-0.25, -0.2) is 5.43 Å². The van der Waals surface area contributed by atoms with Gasteiger partial charge in [-0.2, -0.15) is 0 Å². The van der Waals surface area contributed by atoms with Crippen LogP contribution in [0.5, 0.6) is 0 Å². The number of nitrogens with one attached hydrogen (secondary N) is 2. The van der Waals surface area contributed by atoms with Crippen LogP contribution in [0.25, 0.3) is 0 Å². The van der Waals surface area contributed by atoms with Crippen LogP contribution in [-0.4, -0.2) is 10.8 Å². The van der Waals surface area contributed by atoms with Crippen molar-refractivity contribution in [2.24, 2.45) is 0 Å². The molecule has 3 rings (SSSR count). The molecule has 2 N–H and O–H groups in total. The second kappa shape index (κ2) is 4.21. The van der Waals surface area contributed by atoms with Gasteiger partial charge in [0.05, 0.1) is 5.69 Å². The van der Waals surface area contributed by atoms with E-state index in [9.17, 15) is 0 Å². The van der Waals surface area contributed by atoms with Crippen molar-refractivity contribution in [3.8, 4) is 0 Å². The molecule has 1 aliphatic heterocycles. The molecule has 96 valence electrons. The Bertz CT molecular complexity index is 492. The summed E-state index contributed by atoms with van der Waals surface area (Å²) in [4.78, 5) is 0. The first-order valence-corrected chi connectivity index (χ1v) is 6.98. The van der Waals surface area contributed by atoms with E-state index in [1.807, 2.05) is 5.01 Å². The average Bonchev–Trinajstić information content (AvgIpc) is 2.91. The number of nitrogens with zero attached hydrogens (tertiary/aromatic N) is 1. The van der Waals surface area contributed by atoms with E-state index in [0.717, 1.165) is 23.6 Å². The summed E-state index contributed by atoms with van der Waals surface area (Å²) in [5, 5.41) is 6.27. The summed E-state index contributed by atoms with van der Waals surface area (Å²) in [5.74, 6) is 0. The highest BCUT2D eigenvalue weighted by atomic mass is 32.1. The van der Waals surface area contributed by atoms with Crippen molar-refractivity contribution in [1.82, 2.24) is 10.7 Å². The second-order valence-electron chi connectivity index (χ2n) is 5.44. The van der Waals surface area contributed by atoms with Gasteiger partial charge in [-0.3, -0.25) is 5.01 Å². The minimum absolute atomic E-state index is 0.00980. The van der Waals surface area contributed by atoms with E-state index in [1.165, 1.54) is 24.0 Å². The zero-order chi connectivity index (χ0) is 12.8. The van der Waals surface area contributed by atoms with Gasteiger partial charge in [-0.15, -0.1) is 0 Å². The minimum atomic E-state index is 0.00980. The lowest BCUT2D eigenvalue weighted by molar-refractivity contribution is 0.349. The number of benzene rings is 1. The Morgan fingerprint density at radius 3 is 2.56 bits per heavy atom.